The number of ketones is 1. The van der Waals surface area contributed by atoms with Crippen molar-refractivity contribution in [1.82, 2.24) is 9.80 Å². The highest BCUT2D eigenvalue weighted by Crippen LogP contribution is 2.23. The number of carbonyl (C=O) groups is 2. The molecule has 0 aromatic heterocycles. The third-order valence-electron chi connectivity index (χ3n) is 4.42. The van der Waals surface area contributed by atoms with Crippen molar-refractivity contribution in [1.29, 1.82) is 0 Å². The summed E-state index contributed by atoms with van der Waals surface area (Å²) in [7, 11) is 0. The standard InChI is InChI=1S/C17H22N2O3/c20-16(14-5-2-1-3-6-14)13-15-7-4-8-19(15)17(21)18-9-11-22-12-10-18/h1-3,5-6,15H,4,7-13H2/t15-/m1/s1. The van der Waals surface area contributed by atoms with Crippen molar-refractivity contribution in [2.45, 2.75) is 25.3 Å². The van der Waals surface area contributed by atoms with Crippen LogP contribution < -0.4 is 0 Å². The van der Waals surface area contributed by atoms with E-state index >= 15 is 0 Å². The number of amides is 2. The summed E-state index contributed by atoms with van der Waals surface area (Å²) in [4.78, 5) is 28.7. The fourth-order valence-corrected chi connectivity index (χ4v) is 3.19. The molecular formula is C17H22N2O3. The fraction of sp³-hybridized carbons (Fsp3) is 0.529. The van der Waals surface area contributed by atoms with Gasteiger partial charge in [0.05, 0.1) is 13.2 Å². The Labute approximate surface area is 130 Å². The van der Waals surface area contributed by atoms with Crippen LogP contribution in [-0.2, 0) is 4.74 Å². The zero-order chi connectivity index (χ0) is 15.4. The molecule has 118 valence electrons. The fourth-order valence-electron chi connectivity index (χ4n) is 3.19. The minimum atomic E-state index is 0.0306. The summed E-state index contributed by atoms with van der Waals surface area (Å²) in [6.45, 7) is 3.26. The molecule has 0 unspecified atom stereocenters. The van der Waals surface area contributed by atoms with E-state index in [2.05, 4.69) is 0 Å². The van der Waals surface area contributed by atoms with E-state index in [4.69, 9.17) is 4.74 Å². The van der Waals surface area contributed by atoms with Crippen LogP contribution in [0, 0.1) is 0 Å². The molecule has 0 N–H and O–H groups in total. The van der Waals surface area contributed by atoms with Crippen molar-refractivity contribution >= 4 is 11.8 Å². The van der Waals surface area contributed by atoms with Gasteiger partial charge in [0.2, 0.25) is 0 Å². The second-order valence-electron chi connectivity index (χ2n) is 5.86. The monoisotopic (exact) mass is 302 g/mol. The summed E-state index contributed by atoms with van der Waals surface area (Å²) in [5.41, 5.74) is 0.730. The average molecular weight is 302 g/mol. The predicted octanol–water partition coefficient (Wildman–Crippen LogP) is 2.18. The van der Waals surface area contributed by atoms with E-state index in [9.17, 15) is 9.59 Å². The third kappa shape index (κ3) is 3.30. The van der Waals surface area contributed by atoms with E-state index in [1.807, 2.05) is 40.1 Å². The molecule has 1 aromatic rings. The van der Waals surface area contributed by atoms with Crippen molar-refractivity contribution in [3.63, 3.8) is 0 Å². The first-order chi connectivity index (χ1) is 10.8. The molecule has 2 saturated heterocycles. The molecule has 0 radical (unpaired) electrons. The summed E-state index contributed by atoms with van der Waals surface area (Å²) in [5.74, 6) is 0.118. The lowest BCUT2D eigenvalue weighted by Gasteiger charge is -2.33. The zero-order valence-corrected chi connectivity index (χ0v) is 12.7. The van der Waals surface area contributed by atoms with Crippen molar-refractivity contribution in [2.75, 3.05) is 32.8 Å². The van der Waals surface area contributed by atoms with Crippen LogP contribution in [0.3, 0.4) is 0 Å². The summed E-state index contributed by atoms with van der Waals surface area (Å²) >= 11 is 0. The molecule has 2 heterocycles. The van der Waals surface area contributed by atoms with E-state index in [0.29, 0.717) is 32.7 Å². The number of hydrogen-bond donors (Lipinski definition) is 0. The van der Waals surface area contributed by atoms with Gasteiger partial charge >= 0.3 is 6.03 Å². The molecule has 22 heavy (non-hydrogen) atoms. The quantitative estimate of drug-likeness (QED) is 0.804. The summed E-state index contributed by atoms with van der Waals surface area (Å²) in [6, 6.07) is 9.42. The second-order valence-corrected chi connectivity index (χ2v) is 5.86. The van der Waals surface area contributed by atoms with E-state index in [1.165, 1.54) is 0 Å². The Morgan fingerprint density at radius 3 is 2.55 bits per heavy atom. The highest BCUT2D eigenvalue weighted by atomic mass is 16.5. The molecule has 0 bridgehead atoms. The van der Waals surface area contributed by atoms with E-state index in [-0.39, 0.29) is 17.9 Å². The maximum atomic E-state index is 12.6. The number of hydrogen-bond acceptors (Lipinski definition) is 3. The Morgan fingerprint density at radius 2 is 1.82 bits per heavy atom. The van der Waals surface area contributed by atoms with E-state index in [1.54, 1.807) is 0 Å². The summed E-state index contributed by atoms with van der Waals surface area (Å²) in [6.07, 6.45) is 2.30. The van der Waals surface area contributed by atoms with Crippen LogP contribution >= 0.6 is 0 Å². The number of carbonyl (C=O) groups excluding carboxylic acids is 2. The Hall–Kier alpha value is -1.88. The van der Waals surface area contributed by atoms with Crippen molar-refractivity contribution in [3.05, 3.63) is 35.9 Å². The van der Waals surface area contributed by atoms with Crippen LogP contribution in [0.1, 0.15) is 29.6 Å². The molecule has 2 amide bonds. The Bertz CT molecular complexity index is 526. The van der Waals surface area contributed by atoms with Gasteiger partial charge in [-0.25, -0.2) is 4.79 Å². The molecule has 0 saturated carbocycles. The molecule has 2 aliphatic rings. The summed E-state index contributed by atoms with van der Waals surface area (Å²) < 4.78 is 5.30. The predicted molar refractivity (Wildman–Crippen MR) is 82.9 cm³/mol. The Morgan fingerprint density at radius 1 is 1.09 bits per heavy atom. The van der Waals surface area contributed by atoms with Gasteiger partial charge in [-0.3, -0.25) is 4.79 Å². The molecule has 3 rings (SSSR count). The molecule has 1 aromatic carbocycles. The molecule has 5 heteroatoms. The Balaban J connectivity index is 1.63. The van der Waals surface area contributed by atoms with Crippen LogP contribution in [0.25, 0.3) is 0 Å². The SMILES string of the molecule is O=C(C[C@H]1CCCN1C(=O)N1CCOCC1)c1ccccc1. The molecule has 0 aliphatic carbocycles. The maximum absolute atomic E-state index is 12.6. The molecule has 0 spiro atoms. The third-order valence-corrected chi connectivity index (χ3v) is 4.42. The number of benzene rings is 1. The first-order valence-electron chi connectivity index (χ1n) is 7.97. The maximum Gasteiger partial charge on any atom is 0.320 e. The van der Waals surface area contributed by atoms with Gasteiger partial charge in [0.15, 0.2) is 5.78 Å². The topological polar surface area (TPSA) is 49.9 Å². The van der Waals surface area contributed by atoms with Gasteiger partial charge in [-0.1, -0.05) is 30.3 Å². The Kier molecular flexibility index (Phi) is 4.73. The molecule has 1 atom stereocenters. The normalized spacial score (nSPS) is 21.9. The minimum absolute atomic E-state index is 0.0306. The second kappa shape index (κ2) is 6.92. The molecule has 2 fully saturated rings. The van der Waals surface area contributed by atoms with Gasteiger partial charge in [-0.05, 0) is 12.8 Å². The lowest BCUT2D eigenvalue weighted by atomic mass is 10.0. The van der Waals surface area contributed by atoms with Gasteiger partial charge < -0.3 is 14.5 Å². The number of nitrogens with zero attached hydrogens (tertiary/aromatic N) is 2. The number of morpholine rings is 1. The van der Waals surface area contributed by atoms with Gasteiger partial charge in [0, 0.05) is 37.7 Å². The number of ether oxygens (including phenoxy) is 1. The van der Waals surface area contributed by atoms with Crippen LogP contribution in [0.4, 0.5) is 4.79 Å². The van der Waals surface area contributed by atoms with Gasteiger partial charge in [-0.15, -0.1) is 0 Å². The minimum Gasteiger partial charge on any atom is -0.378 e. The van der Waals surface area contributed by atoms with Gasteiger partial charge in [-0.2, -0.15) is 0 Å². The van der Waals surface area contributed by atoms with E-state index in [0.717, 1.165) is 24.9 Å². The smallest absolute Gasteiger partial charge is 0.320 e. The van der Waals surface area contributed by atoms with Gasteiger partial charge in [0.25, 0.3) is 0 Å². The number of Topliss-reactive ketones (excluding diaryl/α,β-unsaturated/α-hetero) is 1. The highest BCUT2D eigenvalue weighted by molar-refractivity contribution is 5.96. The lowest BCUT2D eigenvalue weighted by molar-refractivity contribution is 0.0418. The largest absolute Gasteiger partial charge is 0.378 e. The number of rotatable bonds is 3. The van der Waals surface area contributed by atoms with Crippen molar-refractivity contribution < 1.29 is 14.3 Å². The van der Waals surface area contributed by atoms with Crippen LogP contribution in [0.2, 0.25) is 0 Å². The van der Waals surface area contributed by atoms with Crippen LogP contribution in [0.5, 0.6) is 0 Å². The van der Waals surface area contributed by atoms with Crippen molar-refractivity contribution in [2.24, 2.45) is 0 Å². The summed E-state index contributed by atoms with van der Waals surface area (Å²) in [5, 5.41) is 0. The first kappa shape index (κ1) is 15.0. The lowest BCUT2D eigenvalue weighted by Crippen LogP contribution is -2.50. The molecule has 2 aliphatic heterocycles. The number of urea groups is 1. The van der Waals surface area contributed by atoms with Crippen LogP contribution in [0.15, 0.2) is 30.3 Å². The average Bonchev–Trinajstić information content (AvgIpc) is 3.04. The van der Waals surface area contributed by atoms with E-state index < -0.39 is 0 Å². The zero-order valence-electron chi connectivity index (χ0n) is 12.7. The molecule has 5 nitrogen and oxygen atoms in total. The number of likely N-dealkylation sites (tertiary alicyclic amines) is 1. The highest BCUT2D eigenvalue weighted by Gasteiger charge is 2.33. The first-order valence-corrected chi connectivity index (χ1v) is 7.97. The van der Waals surface area contributed by atoms with Crippen LogP contribution in [-0.4, -0.2) is 60.5 Å². The van der Waals surface area contributed by atoms with Crippen molar-refractivity contribution in [3.8, 4) is 0 Å². The van der Waals surface area contributed by atoms with Gasteiger partial charge in [0.1, 0.15) is 0 Å². The molecular weight excluding hydrogens is 280 g/mol.